The molecule has 0 unspecified atom stereocenters. The van der Waals surface area contributed by atoms with E-state index in [1.165, 1.54) is 23.9 Å². The van der Waals surface area contributed by atoms with Gasteiger partial charge in [0, 0.05) is 17.4 Å². The van der Waals surface area contributed by atoms with Crippen molar-refractivity contribution < 1.29 is 17.6 Å². The zero-order chi connectivity index (χ0) is 17.5. The Morgan fingerprint density at radius 1 is 1.46 bits per heavy atom. The van der Waals surface area contributed by atoms with E-state index < -0.39 is 15.7 Å². The van der Waals surface area contributed by atoms with Crippen molar-refractivity contribution in [3.05, 3.63) is 29.0 Å². The van der Waals surface area contributed by atoms with Gasteiger partial charge in [0.25, 0.3) is 0 Å². The quantitative estimate of drug-likeness (QED) is 0.793. The Balaban J connectivity index is 2.01. The number of amidine groups is 1. The number of carbonyl (C=O) groups is 1. The third-order valence-electron chi connectivity index (χ3n) is 3.93. The van der Waals surface area contributed by atoms with Crippen LogP contribution in [-0.2, 0) is 14.6 Å². The lowest BCUT2D eigenvalue weighted by Gasteiger charge is -2.24. The number of rotatable bonds is 3. The number of benzene rings is 1. The van der Waals surface area contributed by atoms with E-state index in [-0.39, 0.29) is 33.7 Å². The Bertz CT molecular complexity index is 813. The minimum Gasteiger partial charge on any atom is -0.315 e. The lowest BCUT2D eigenvalue weighted by molar-refractivity contribution is -0.117. The Hall–Kier alpha value is -1.12. The van der Waals surface area contributed by atoms with Crippen LogP contribution in [0.25, 0.3) is 0 Å². The average Bonchev–Trinajstić information content (AvgIpc) is 2.93. The highest BCUT2D eigenvalue weighted by atomic mass is 35.5. The van der Waals surface area contributed by atoms with Crippen molar-refractivity contribution in [2.75, 3.05) is 16.4 Å². The van der Waals surface area contributed by atoms with E-state index in [0.717, 1.165) is 0 Å². The fraction of sp³-hybridized carbons (Fsp3) is 0.467. The van der Waals surface area contributed by atoms with E-state index in [2.05, 4.69) is 4.99 Å². The number of fused-ring (bicyclic) bond motifs is 1. The maximum Gasteiger partial charge on any atom is 0.248 e. The van der Waals surface area contributed by atoms with Gasteiger partial charge in [-0.15, -0.1) is 0 Å². The second-order valence-electron chi connectivity index (χ2n) is 5.81. The summed E-state index contributed by atoms with van der Waals surface area (Å²) in [5, 5.41) is 0.212. The topological polar surface area (TPSA) is 66.8 Å². The highest BCUT2D eigenvalue weighted by molar-refractivity contribution is 8.16. The molecule has 2 heterocycles. The number of hydrogen-bond donors (Lipinski definition) is 0. The first-order valence-electron chi connectivity index (χ1n) is 7.53. The smallest absolute Gasteiger partial charge is 0.248 e. The van der Waals surface area contributed by atoms with Crippen molar-refractivity contribution in [2.24, 2.45) is 4.99 Å². The maximum atomic E-state index is 13.8. The molecular weight excluding hydrogens is 375 g/mol. The number of anilines is 1. The molecule has 0 bridgehead atoms. The Labute approximate surface area is 149 Å². The third kappa shape index (κ3) is 3.45. The predicted molar refractivity (Wildman–Crippen MR) is 95.1 cm³/mol. The molecule has 2 saturated heterocycles. The summed E-state index contributed by atoms with van der Waals surface area (Å²) in [6.45, 7) is 1.88. The average molecular weight is 391 g/mol. The molecule has 0 aromatic heterocycles. The van der Waals surface area contributed by atoms with Gasteiger partial charge in [-0.05, 0) is 24.6 Å². The van der Waals surface area contributed by atoms with Crippen molar-refractivity contribution in [3.8, 4) is 0 Å². The van der Waals surface area contributed by atoms with E-state index in [0.29, 0.717) is 23.7 Å². The van der Waals surface area contributed by atoms with E-state index in [9.17, 15) is 17.6 Å². The van der Waals surface area contributed by atoms with Gasteiger partial charge in [0.05, 0.1) is 22.6 Å². The first kappa shape index (κ1) is 17.7. The van der Waals surface area contributed by atoms with Crippen LogP contribution in [0.2, 0.25) is 5.02 Å². The molecule has 0 saturated carbocycles. The monoisotopic (exact) mass is 390 g/mol. The molecule has 2 atom stereocenters. The number of halogens is 2. The predicted octanol–water partition coefficient (Wildman–Crippen LogP) is 2.88. The highest BCUT2D eigenvalue weighted by Crippen LogP contribution is 2.41. The summed E-state index contributed by atoms with van der Waals surface area (Å²) >= 11 is 7.00. The van der Waals surface area contributed by atoms with Crippen molar-refractivity contribution in [1.29, 1.82) is 0 Å². The second kappa shape index (κ2) is 6.65. The molecule has 24 heavy (non-hydrogen) atoms. The van der Waals surface area contributed by atoms with Gasteiger partial charge in [-0.25, -0.2) is 12.8 Å². The summed E-state index contributed by atoms with van der Waals surface area (Å²) < 4.78 is 37.7. The molecule has 130 valence electrons. The lowest BCUT2D eigenvalue weighted by atomic mass is 10.2. The number of nitrogens with zero attached hydrogens (tertiary/aromatic N) is 2. The van der Waals surface area contributed by atoms with Gasteiger partial charge >= 0.3 is 0 Å². The van der Waals surface area contributed by atoms with Crippen LogP contribution >= 0.6 is 23.4 Å². The first-order valence-corrected chi connectivity index (χ1v) is 10.6. The van der Waals surface area contributed by atoms with E-state index in [1.807, 2.05) is 6.92 Å². The zero-order valence-corrected chi connectivity index (χ0v) is 15.3. The fourth-order valence-corrected chi connectivity index (χ4v) is 6.93. The van der Waals surface area contributed by atoms with Crippen molar-refractivity contribution in [3.63, 3.8) is 0 Å². The van der Waals surface area contributed by atoms with Crippen molar-refractivity contribution in [2.45, 2.75) is 31.1 Å². The summed E-state index contributed by atoms with van der Waals surface area (Å²) in [5.41, 5.74) is 0.456. The molecular formula is C15H16ClFN2O3S2. The number of amides is 1. The molecule has 2 fully saturated rings. The zero-order valence-electron chi connectivity index (χ0n) is 12.9. The molecule has 5 nitrogen and oxygen atoms in total. The SMILES string of the molecule is CCCC(=O)N=C1S[C@H]2CS(=O)(=O)C[C@H]2N1c1ccc(Cl)c(F)c1. The molecule has 0 N–H and O–H groups in total. The number of sulfone groups is 1. The standard InChI is InChI=1S/C15H16ClFN2O3S2/c1-2-3-14(20)18-15-19(9-4-5-10(16)11(17)6-9)12-7-24(21,22)8-13(12)23-15/h4-6,12-13H,2-3,7-8H2,1H3/t12-,13+/m1/s1. The lowest BCUT2D eigenvalue weighted by Crippen LogP contribution is -2.37. The molecule has 2 aliphatic rings. The van der Waals surface area contributed by atoms with Crippen LogP contribution < -0.4 is 4.90 Å². The summed E-state index contributed by atoms with van der Waals surface area (Å²) in [6, 6.07) is 3.92. The molecule has 1 amide bonds. The summed E-state index contributed by atoms with van der Waals surface area (Å²) in [5.74, 6) is -0.851. The van der Waals surface area contributed by atoms with E-state index >= 15 is 0 Å². The van der Waals surface area contributed by atoms with E-state index in [1.54, 1.807) is 11.0 Å². The molecule has 0 spiro atoms. The largest absolute Gasteiger partial charge is 0.315 e. The molecule has 2 aliphatic heterocycles. The molecule has 0 aliphatic carbocycles. The second-order valence-corrected chi connectivity index (χ2v) is 9.57. The maximum absolute atomic E-state index is 13.8. The van der Waals surface area contributed by atoms with Crippen LogP contribution in [0, 0.1) is 5.82 Å². The van der Waals surface area contributed by atoms with Crippen LogP contribution in [0.1, 0.15) is 19.8 Å². The summed E-state index contributed by atoms with van der Waals surface area (Å²) in [6.07, 6.45) is 0.998. The van der Waals surface area contributed by atoms with Gasteiger partial charge < -0.3 is 4.90 Å². The summed E-state index contributed by atoms with van der Waals surface area (Å²) in [7, 11) is -3.15. The van der Waals surface area contributed by atoms with Gasteiger partial charge in [0.15, 0.2) is 15.0 Å². The number of hydrogen-bond acceptors (Lipinski definition) is 4. The van der Waals surface area contributed by atoms with Crippen molar-refractivity contribution in [1.82, 2.24) is 0 Å². The first-order chi connectivity index (χ1) is 11.3. The number of carbonyl (C=O) groups excluding carboxylic acids is 1. The van der Waals surface area contributed by atoms with Crippen LogP contribution in [0.5, 0.6) is 0 Å². The van der Waals surface area contributed by atoms with Gasteiger partial charge in [-0.3, -0.25) is 4.79 Å². The molecule has 1 aromatic rings. The Kier molecular flexibility index (Phi) is 4.90. The minimum atomic E-state index is -3.15. The van der Waals surface area contributed by atoms with Gasteiger partial charge in [-0.2, -0.15) is 4.99 Å². The Morgan fingerprint density at radius 2 is 2.21 bits per heavy atom. The normalized spacial score (nSPS) is 26.8. The molecule has 3 rings (SSSR count). The van der Waals surface area contributed by atoms with E-state index in [4.69, 9.17) is 11.6 Å². The van der Waals surface area contributed by atoms with Gasteiger partial charge in [0.2, 0.25) is 5.91 Å². The van der Waals surface area contributed by atoms with Crippen molar-refractivity contribution >= 4 is 50.0 Å². The van der Waals surface area contributed by atoms with Crippen LogP contribution in [0.3, 0.4) is 0 Å². The molecule has 0 radical (unpaired) electrons. The van der Waals surface area contributed by atoms with Gasteiger partial charge in [-0.1, -0.05) is 30.3 Å². The van der Waals surface area contributed by atoms with Crippen LogP contribution in [0.4, 0.5) is 10.1 Å². The molecule has 1 aromatic carbocycles. The third-order valence-corrected chi connectivity index (χ3v) is 7.45. The van der Waals surface area contributed by atoms with Gasteiger partial charge in [0.1, 0.15) is 5.82 Å². The summed E-state index contributed by atoms with van der Waals surface area (Å²) in [4.78, 5) is 17.7. The Morgan fingerprint density at radius 3 is 2.88 bits per heavy atom. The van der Waals surface area contributed by atoms with Crippen LogP contribution in [0.15, 0.2) is 23.2 Å². The fourth-order valence-electron chi connectivity index (χ4n) is 2.88. The minimum absolute atomic E-state index is 0.0123. The van der Waals surface area contributed by atoms with Crippen LogP contribution in [-0.4, -0.2) is 42.3 Å². The molecule has 9 heteroatoms. The highest BCUT2D eigenvalue weighted by Gasteiger charge is 2.49. The number of aliphatic imine (C=N–C) groups is 1. The number of thioether (sulfide) groups is 1.